The second kappa shape index (κ2) is 4.58. The zero-order valence-corrected chi connectivity index (χ0v) is 10.4. The fourth-order valence-electron chi connectivity index (χ4n) is 2.99. The number of nitrogens with zero attached hydrogens (tertiary/aromatic N) is 1. The van der Waals surface area contributed by atoms with Gasteiger partial charge in [-0.3, -0.25) is 4.79 Å². The molecule has 2 heterocycles. The van der Waals surface area contributed by atoms with Crippen LogP contribution in [0.25, 0.3) is 0 Å². The standard InChI is InChI=1S/C13H21NO3/c1-9-8-10(9)12(15)14-5-3-2-4-11(14)13-16-6-7-17-13/h9-11,13H,2-8H2,1H3. The predicted octanol–water partition coefficient (Wildman–Crippen LogP) is 1.40. The zero-order chi connectivity index (χ0) is 11.8. The Morgan fingerprint density at radius 3 is 2.59 bits per heavy atom. The van der Waals surface area contributed by atoms with Crippen LogP contribution < -0.4 is 0 Å². The molecule has 96 valence electrons. The number of hydrogen-bond acceptors (Lipinski definition) is 3. The molecule has 0 aromatic carbocycles. The van der Waals surface area contributed by atoms with Gasteiger partial charge >= 0.3 is 0 Å². The van der Waals surface area contributed by atoms with Crippen molar-refractivity contribution in [3.63, 3.8) is 0 Å². The van der Waals surface area contributed by atoms with E-state index in [0.29, 0.717) is 25.0 Å². The molecule has 0 bridgehead atoms. The molecule has 4 nitrogen and oxygen atoms in total. The summed E-state index contributed by atoms with van der Waals surface area (Å²) in [7, 11) is 0. The Hall–Kier alpha value is -0.610. The maximum absolute atomic E-state index is 12.4. The number of likely N-dealkylation sites (tertiary alicyclic amines) is 1. The first kappa shape index (κ1) is 11.5. The topological polar surface area (TPSA) is 38.8 Å². The third-order valence-corrected chi connectivity index (χ3v) is 4.22. The number of rotatable bonds is 2. The Labute approximate surface area is 102 Å². The second-order valence-corrected chi connectivity index (χ2v) is 5.52. The molecule has 0 aromatic rings. The van der Waals surface area contributed by atoms with Crippen LogP contribution in [0.1, 0.15) is 32.6 Å². The van der Waals surface area contributed by atoms with Gasteiger partial charge in [-0.1, -0.05) is 6.92 Å². The lowest BCUT2D eigenvalue weighted by molar-refractivity contribution is -0.152. The van der Waals surface area contributed by atoms with Crippen LogP contribution in [0.5, 0.6) is 0 Å². The molecule has 0 N–H and O–H groups in total. The van der Waals surface area contributed by atoms with Gasteiger partial charge < -0.3 is 14.4 Å². The molecule has 1 amide bonds. The van der Waals surface area contributed by atoms with Crippen LogP contribution in [-0.2, 0) is 14.3 Å². The number of carbonyl (C=O) groups is 1. The van der Waals surface area contributed by atoms with Gasteiger partial charge in [0.1, 0.15) is 0 Å². The molecule has 17 heavy (non-hydrogen) atoms. The normalized spacial score (nSPS) is 38.4. The lowest BCUT2D eigenvalue weighted by Gasteiger charge is -2.38. The Kier molecular flexibility index (Phi) is 3.09. The van der Waals surface area contributed by atoms with Crippen molar-refractivity contribution < 1.29 is 14.3 Å². The number of piperidine rings is 1. The Morgan fingerprint density at radius 1 is 1.24 bits per heavy atom. The first-order valence-electron chi connectivity index (χ1n) is 6.81. The van der Waals surface area contributed by atoms with Gasteiger partial charge in [-0.15, -0.1) is 0 Å². The average Bonchev–Trinajstić information content (AvgIpc) is 2.88. The zero-order valence-electron chi connectivity index (χ0n) is 10.4. The highest BCUT2D eigenvalue weighted by atomic mass is 16.7. The summed E-state index contributed by atoms with van der Waals surface area (Å²) in [6.07, 6.45) is 4.22. The van der Waals surface area contributed by atoms with Gasteiger partial charge in [0.2, 0.25) is 5.91 Å². The van der Waals surface area contributed by atoms with Gasteiger partial charge in [0.15, 0.2) is 6.29 Å². The summed E-state index contributed by atoms with van der Waals surface area (Å²) in [6.45, 7) is 4.38. The largest absolute Gasteiger partial charge is 0.348 e. The van der Waals surface area contributed by atoms with E-state index in [9.17, 15) is 4.79 Å². The van der Waals surface area contributed by atoms with Crippen molar-refractivity contribution in [2.45, 2.75) is 44.9 Å². The van der Waals surface area contributed by atoms with E-state index in [0.717, 1.165) is 25.8 Å². The molecule has 0 aromatic heterocycles. The lowest BCUT2D eigenvalue weighted by Crippen LogP contribution is -2.50. The van der Waals surface area contributed by atoms with Gasteiger partial charge in [-0.2, -0.15) is 0 Å². The molecule has 3 atom stereocenters. The molecule has 0 spiro atoms. The van der Waals surface area contributed by atoms with Gasteiger partial charge in [0, 0.05) is 12.5 Å². The Balaban J connectivity index is 1.68. The third kappa shape index (κ3) is 2.20. The summed E-state index contributed by atoms with van der Waals surface area (Å²) < 4.78 is 11.2. The molecule has 3 rings (SSSR count). The van der Waals surface area contributed by atoms with E-state index >= 15 is 0 Å². The Morgan fingerprint density at radius 2 is 1.94 bits per heavy atom. The average molecular weight is 239 g/mol. The van der Waals surface area contributed by atoms with Crippen LogP contribution in [-0.4, -0.2) is 42.9 Å². The van der Waals surface area contributed by atoms with Crippen LogP contribution in [0.15, 0.2) is 0 Å². The summed E-state index contributed by atoms with van der Waals surface area (Å²) in [6, 6.07) is 0.159. The fraction of sp³-hybridized carbons (Fsp3) is 0.923. The van der Waals surface area contributed by atoms with E-state index in [-0.39, 0.29) is 18.2 Å². The molecular formula is C13H21NO3. The highest BCUT2D eigenvalue weighted by Crippen LogP contribution is 2.40. The molecule has 3 unspecified atom stereocenters. The fourth-order valence-corrected chi connectivity index (χ4v) is 2.99. The number of amides is 1. The van der Waals surface area contributed by atoms with E-state index in [1.165, 1.54) is 6.42 Å². The van der Waals surface area contributed by atoms with E-state index in [1.54, 1.807) is 0 Å². The molecular weight excluding hydrogens is 218 g/mol. The van der Waals surface area contributed by atoms with Crippen molar-refractivity contribution in [2.75, 3.05) is 19.8 Å². The van der Waals surface area contributed by atoms with Crippen molar-refractivity contribution in [1.82, 2.24) is 4.90 Å². The predicted molar refractivity (Wildman–Crippen MR) is 62.3 cm³/mol. The van der Waals surface area contributed by atoms with Gasteiger partial charge in [0.25, 0.3) is 0 Å². The van der Waals surface area contributed by atoms with Crippen molar-refractivity contribution in [3.8, 4) is 0 Å². The highest BCUT2D eigenvalue weighted by molar-refractivity contribution is 5.82. The minimum atomic E-state index is -0.173. The maximum atomic E-state index is 12.4. The van der Waals surface area contributed by atoms with E-state index in [2.05, 4.69) is 6.92 Å². The van der Waals surface area contributed by atoms with Gasteiger partial charge in [0.05, 0.1) is 19.3 Å². The first-order chi connectivity index (χ1) is 8.27. The van der Waals surface area contributed by atoms with Crippen molar-refractivity contribution >= 4 is 5.91 Å². The number of carbonyl (C=O) groups excluding carboxylic acids is 1. The molecule has 2 saturated heterocycles. The van der Waals surface area contributed by atoms with Gasteiger partial charge in [-0.05, 0) is 31.6 Å². The molecule has 3 fully saturated rings. The summed E-state index contributed by atoms with van der Waals surface area (Å²) in [5.74, 6) is 1.19. The Bertz CT molecular complexity index is 301. The monoisotopic (exact) mass is 239 g/mol. The smallest absolute Gasteiger partial charge is 0.226 e. The minimum absolute atomic E-state index is 0.159. The summed E-state index contributed by atoms with van der Waals surface area (Å²) in [5.41, 5.74) is 0. The molecule has 0 radical (unpaired) electrons. The summed E-state index contributed by atoms with van der Waals surface area (Å²) in [4.78, 5) is 14.4. The van der Waals surface area contributed by atoms with Crippen molar-refractivity contribution in [2.24, 2.45) is 11.8 Å². The number of ether oxygens (including phenoxy) is 2. The van der Waals surface area contributed by atoms with Crippen LogP contribution in [0.3, 0.4) is 0 Å². The van der Waals surface area contributed by atoms with Crippen LogP contribution in [0.2, 0.25) is 0 Å². The lowest BCUT2D eigenvalue weighted by atomic mass is 10.0. The maximum Gasteiger partial charge on any atom is 0.226 e. The van der Waals surface area contributed by atoms with Crippen LogP contribution >= 0.6 is 0 Å². The van der Waals surface area contributed by atoms with Crippen LogP contribution in [0.4, 0.5) is 0 Å². The summed E-state index contributed by atoms with van der Waals surface area (Å²) in [5, 5.41) is 0. The molecule has 3 aliphatic rings. The molecule has 2 aliphatic heterocycles. The van der Waals surface area contributed by atoms with E-state index in [4.69, 9.17) is 9.47 Å². The van der Waals surface area contributed by atoms with E-state index in [1.807, 2.05) is 4.90 Å². The third-order valence-electron chi connectivity index (χ3n) is 4.22. The second-order valence-electron chi connectivity index (χ2n) is 5.52. The summed E-state index contributed by atoms with van der Waals surface area (Å²) >= 11 is 0. The first-order valence-corrected chi connectivity index (χ1v) is 6.81. The minimum Gasteiger partial charge on any atom is -0.348 e. The number of hydrogen-bond donors (Lipinski definition) is 0. The van der Waals surface area contributed by atoms with Gasteiger partial charge in [-0.25, -0.2) is 0 Å². The molecule has 1 saturated carbocycles. The van der Waals surface area contributed by atoms with E-state index < -0.39 is 0 Å². The molecule has 1 aliphatic carbocycles. The van der Waals surface area contributed by atoms with Crippen molar-refractivity contribution in [3.05, 3.63) is 0 Å². The highest BCUT2D eigenvalue weighted by Gasteiger charge is 2.45. The van der Waals surface area contributed by atoms with Crippen LogP contribution in [0, 0.1) is 11.8 Å². The quantitative estimate of drug-likeness (QED) is 0.731. The van der Waals surface area contributed by atoms with Crippen molar-refractivity contribution in [1.29, 1.82) is 0 Å². The molecule has 4 heteroatoms. The SMILES string of the molecule is CC1CC1C(=O)N1CCCCC1C1OCCO1.